The van der Waals surface area contributed by atoms with Crippen LogP contribution < -0.4 is 4.72 Å². The average molecular weight is 425 g/mol. The maximum atomic E-state index is 13.1. The SMILES string of the molecule is O=C(c1scc2c1CCCC2)N1CCC[C@@H](CNS(=O)(=O)c2cccs2)C1. The zero-order chi connectivity index (χ0) is 18.9. The molecule has 0 saturated carbocycles. The summed E-state index contributed by atoms with van der Waals surface area (Å²) in [5, 5.41) is 3.91. The Morgan fingerprint density at radius 2 is 2.07 bits per heavy atom. The smallest absolute Gasteiger partial charge is 0.264 e. The first-order valence-corrected chi connectivity index (χ1v) is 12.7. The molecular weight excluding hydrogens is 400 g/mol. The van der Waals surface area contributed by atoms with Crippen molar-refractivity contribution in [3.63, 3.8) is 0 Å². The van der Waals surface area contributed by atoms with E-state index >= 15 is 0 Å². The molecule has 5 nitrogen and oxygen atoms in total. The normalized spacial score (nSPS) is 20.4. The van der Waals surface area contributed by atoms with Crippen LogP contribution in [0.4, 0.5) is 0 Å². The molecule has 2 aromatic heterocycles. The Labute approximate surface area is 168 Å². The fourth-order valence-electron chi connectivity index (χ4n) is 3.97. The van der Waals surface area contributed by atoms with Gasteiger partial charge in [0.2, 0.25) is 10.0 Å². The first kappa shape index (κ1) is 19.1. The molecule has 0 bridgehead atoms. The van der Waals surface area contributed by atoms with Crippen molar-refractivity contribution < 1.29 is 13.2 Å². The summed E-state index contributed by atoms with van der Waals surface area (Å²) >= 11 is 2.80. The predicted molar refractivity (Wildman–Crippen MR) is 109 cm³/mol. The number of sulfonamides is 1. The molecule has 1 atom stereocenters. The van der Waals surface area contributed by atoms with Crippen LogP contribution in [0.25, 0.3) is 0 Å². The molecule has 8 heteroatoms. The number of aryl methyl sites for hydroxylation is 1. The van der Waals surface area contributed by atoms with Gasteiger partial charge in [-0.05, 0) is 72.4 Å². The molecule has 1 aliphatic carbocycles. The van der Waals surface area contributed by atoms with E-state index < -0.39 is 10.0 Å². The highest BCUT2D eigenvalue weighted by Crippen LogP contribution is 2.31. The third-order valence-electron chi connectivity index (χ3n) is 5.43. The molecule has 1 saturated heterocycles. The van der Waals surface area contributed by atoms with Crippen molar-refractivity contribution in [1.29, 1.82) is 0 Å². The van der Waals surface area contributed by atoms with Crippen molar-refractivity contribution in [2.45, 2.75) is 42.7 Å². The second-order valence-corrected chi connectivity index (χ2v) is 11.1. The van der Waals surface area contributed by atoms with E-state index in [9.17, 15) is 13.2 Å². The molecule has 1 amide bonds. The largest absolute Gasteiger partial charge is 0.338 e. The zero-order valence-corrected chi connectivity index (χ0v) is 17.6. The van der Waals surface area contributed by atoms with Gasteiger partial charge in [0.1, 0.15) is 4.21 Å². The van der Waals surface area contributed by atoms with E-state index in [-0.39, 0.29) is 11.8 Å². The predicted octanol–water partition coefficient (Wildman–Crippen LogP) is 3.52. The standard InChI is InChI=1S/C19H24N2O3S3/c22-19(18-16-7-2-1-6-15(16)13-26-18)21-9-3-5-14(12-21)11-20-27(23,24)17-8-4-10-25-17/h4,8,10,13-14,20H,1-3,5-7,9,11-12H2/t14-/m0/s1. The Balaban J connectivity index is 1.39. The molecule has 2 aromatic rings. The summed E-state index contributed by atoms with van der Waals surface area (Å²) in [6.45, 7) is 1.77. The van der Waals surface area contributed by atoms with Crippen LogP contribution in [0, 0.1) is 5.92 Å². The van der Waals surface area contributed by atoms with Gasteiger partial charge < -0.3 is 4.90 Å². The summed E-state index contributed by atoms with van der Waals surface area (Å²) in [6.07, 6.45) is 6.35. The fraction of sp³-hybridized carbons (Fsp3) is 0.526. The van der Waals surface area contributed by atoms with Crippen molar-refractivity contribution in [3.8, 4) is 0 Å². The molecule has 2 aliphatic rings. The summed E-state index contributed by atoms with van der Waals surface area (Å²) in [5.41, 5.74) is 2.61. The van der Waals surface area contributed by atoms with Gasteiger partial charge in [-0.2, -0.15) is 0 Å². The van der Waals surface area contributed by atoms with Gasteiger partial charge in [0.05, 0.1) is 4.88 Å². The van der Waals surface area contributed by atoms with E-state index in [0.29, 0.717) is 17.3 Å². The van der Waals surface area contributed by atoms with Crippen LogP contribution >= 0.6 is 22.7 Å². The lowest BCUT2D eigenvalue weighted by atomic mass is 9.93. The van der Waals surface area contributed by atoms with Crippen molar-refractivity contribution in [1.82, 2.24) is 9.62 Å². The molecule has 0 spiro atoms. The van der Waals surface area contributed by atoms with Gasteiger partial charge in [0.15, 0.2) is 0 Å². The second-order valence-electron chi connectivity index (χ2n) is 7.32. The number of carbonyl (C=O) groups is 1. The average Bonchev–Trinajstić information content (AvgIpc) is 3.36. The van der Waals surface area contributed by atoms with E-state index in [0.717, 1.165) is 43.5 Å². The third kappa shape index (κ3) is 4.13. The van der Waals surface area contributed by atoms with E-state index in [1.807, 2.05) is 4.90 Å². The van der Waals surface area contributed by atoms with Gasteiger partial charge in [-0.3, -0.25) is 4.79 Å². The number of piperidine rings is 1. The lowest BCUT2D eigenvalue weighted by Crippen LogP contribution is -2.43. The van der Waals surface area contributed by atoms with Crippen LogP contribution in [0.5, 0.6) is 0 Å². The summed E-state index contributed by atoms with van der Waals surface area (Å²) in [7, 11) is -3.44. The number of hydrogen-bond donors (Lipinski definition) is 1. The second kappa shape index (κ2) is 8.03. The summed E-state index contributed by atoms with van der Waals surface area (Å²) < 4.78 is 27.7. The van der Waals surface area contributed by atoms with Crippen LogP contribution in [0.15, 0.2) is 27.1 Å². The number of fused-ring (bicyclic) bond motifs is 1. The van der Waals surface area contributed by atoms with Crippen LogP contribution in [0.1, 0.15) is 46.5 Å². The number of nitrogens with zero attached hydrogens (tertiary/aromatic N) is 1. The minimum absolute atomic E-state index is 0.133. The monoisotopic (exact) mass is 424 g/mol. The molecular formula is C19H24N2O3S3. The minimum Gasteiger partial charge on any atom is -0.338 e. The van der Waals surface area contributed by atoms with Crippen LogP contribution in [-0.4, -0.2) is 38.9 Å². The number of nitrogens with one attached hydrogen (secondary N) is 1. The van der Waals surface area contributed by atoms with Crippen LogP contribution in [0.3, 0.4) is 0 Å². The quantitative estimate of drug-likeness (QED) is 0.799. The molecule has 0 aromatic carbocycles. The summed E-state index contributed by atoms with van der Waals surface area (Å²) in [6, 6.07) is 3.35. The number of thiophene rings is 2. The van der Waals surface area contributed by atoms with Crippen molar-refractivity contribution >= 4 is 38.6 Å². The van der Waals surface area contributed by atoms with Gasteiger partial charge in [0.25, 0.3) is 5.91 Å². The van der Waals surface area contributed by atoms with Crippen LogP contribution in [-0.2, 0) is 22.9 Å². The molecule has 1 aliphatic heterocycles. The molecule has 0 radical (unpaired) electrons. The van der Waals surface area contributed by atoms with E-state index in [4.69, 9.17) is 0 Å². The summed E-state index contributed by atoms with van der Waals surface area (Å²) in [4.78, 5) is 15.9. The lowest BCUT2D eigenvalue weighted by molar-refractivity contribution is 0.0680. The van der Waals surface area contributed by atoms with Crippen LogP contribution in [0.2, 0.25) is 0 Å². The van der Waals surface area contributed by atoms with Crippen molar-refractivity contribution in [2.75, 3.05) is 19.6 Å². The van der Waals surface area contributed by atoms with Gasteiger partial charge in [0, 0.05) is 19.6 Å². The van der Waals surface area contributed by atoms with E-state index in [2.05, 4.69) is 10.1 Å². The molecule has 146 valence electrons. The zero-order valence-electron chi connectivity index (χ0n) is 15.1. The number of likely N-dealkylation sites (tertiary alicyclic amines) is 1. The van der Waals surface area contributed by atoms with Gasteiger partial charge in [-0.25, -0.2) is 13.1 Å². The van der Waals surface area contributed by atoms with Gasteiger partial charge in [-0.1, -0.05) is 6.07 Å². The highest BCUT2D eigenvalue weighted by molar-refractivity contribution is 7.91. The Bertz CT molecular complexity index is 903. The van der Waals surface area contributed by atoms with E-state index in [1.54, 1.807) is 28.8 Å². The Morgan fingerprint density at radius 3 is 2.89 bits per heavy atom. The maximum Gasteiger partial charge on any atom is 0.264 e. The molecule has 4 rings (SSSR count). The first-order valence-electron chi connectivity index (χ1n) is 9.46. The molecule has 0 unspecified atom stereocenters. The summed E-state index contributed by atoms with van der Waals surface area (Å²) in [5.74, 6) is 0.294. The van der Waals surface area contributed by atoms with Crippen molar-refractivity contribution in [3.05, 3.63) is 38.9 Å². The maximum absolute atomic E-state index is 13.1. The van der Waals surface area contributed by atoms with Crippen molar-refractivity contribution in [2.24, 2.45) is 5.92 Å². The third-order valence-corrected chi connectivity index (χ3v) is 9.31. The van der Waals surface area contributed by atoms with Gasteiger partial charge in [-0.15, -0.1) is 22.7 Å². The van der Waals surface area contributed by atoms with E-state index in [1.165, 1.54) is 28.9 Å². The lowest BCUT2D eigenvalue weighted by Gasteiger charge is -2.33. The highest BCUT2D eigenvalue weighted by Gasteiger charge is 2.29. The molecule has 1 N–H and O–H groups in total. The number of amides is 1. The van der Waals surface area contributed by atoms with Gasteiger partial charge >= 0.3 is 0 Å². The first-order chi connectivity index (χ1) is 13.0. The Kier molecular flexibility index (Phi) is 5.68. The Hall–Kier alpha value is -1.22. The topological polar surface area (TPSA) is 66.5 Å². The molecule has 1 fully saturated rings. The number of carbonyl (C=O) groups excluding carboxylic acids is 1. The minimum atomic E-state index is -3.44. The highest BCUT2D eigenvalue weighted by atomic mass is 32.2. The molecule has 3 heterocycles. The fourth-order valence-corrected chi connectivity index (χ4v) is 7.25. The number of rotatable bonds is 5. The molecule has 27 heavy (non-hydrogen) atoms. The number of hydrogen-bond acceptors (Lipinski definition) is 5. The Morgan fingerprint density at radius 1 is 1.22 bits per heavy atom.